The summed E-state index contributed by atoms with van der Waals surface area (Å²) in [5, 5.41) is 5.36. The van der Waals surface area contributed by atoms with Gasteiger partial charge in [-0.05, 0) is 27.7 Å². The predicted octanol–water partition coefficient (Wildman–Crippen LogP) is 2.03. The van der Waals surface area contributed by atoms with Crippen molar-refractivity contribution in [2.75, 3.05) is 6.54 Å². The van der Waals surface area contributed by atoms with Crippen molar-refractivity contribution < 1.29 is 32.3 Å². The summed E-state index contributed by atoms with van der Waals surface area (Å²) in [6, 6.07) is -0.901. The minimum atomic E-state index is -4.70. The van der Waals surface area contributed by atoms with Crippen LogP contribution < -0.4 is 16.0 Å². The molecule has 0 bridgehead atoms. The van der Waals surface area contributed by atoms with Crippen molar-refractivity contribution in [3.05, 3.63) is 15.6 Å². The molecular weight excluding hydrogens is 377 g/mol. The number of imide groups is 1. The Morgan fingerprint density at radius 1 is 1.31 bits per heavy atom. The Hall–Kier alpha value is -2.37. The summed E-state index contributed by atoms with van der Waals surface area (Å²) in [6.45, 7) is 5.67. The maximum atomic E-state index is 12.9. The van der Waals surface area contributed by atoms with Crippen LogP contribution in [0.3, 0.4) is 0 Å². The summed E-state index contributed by atoms with van der Waals surface area (Å²) in [6.07, 6.45) is -5.60. The highest BCUT2D eigenvalue weighted by Crippen LogP contribution is 2.37. The Morgan fingerprint density at radius 3 is 2.35 bits per heavy atom. The van der Waals surface area contributed by atoms with Crippen molar-refractivity contribution in [2.24, 2.45) is 0 Å². The normalized spacial score (nSPS) is 20.6. The Morgan fingerprint density at radius 2 is 1.92 bits per heavy atom. The number of urea groups is 1. The molecule has 4 amide bonds. The van der Waals surface area contributed by atoms with Crippen LogP contribution in [-0.2, 0) is 21.2 Å². The van der Waals surface area contributed by atoms with Crippen molar-refractivity contribution in [1.29, 1.82) is 0 Å². The number of halogens is 3. The third-order valence-corrected chi connectivity index (χ3v) is 4.30. The van der Waals surface area contributed by atoms with Gasteiger partial charge >= 0.3 is 18.3 Å². The zero-order chi connectivity index (χ0) is 19.9. The monoisotopic (exact) mass is 394 g/mol. The number of hydrogen-bond acceptors (Lipinski definition) is 6. The number of nitrogens with zero attached hydrogens (tertiary/aromatic N) is 1. The van der Waals surface area contributed by atoms with Crippen LogP contribution >= 0.6 is 11.3 Å². The van der Waals surface area contributed by atoms with Gasteiger partial charge in [0, 0.05) is 4.88 Å². The molecule has 1 fully saturated rings. The van der Waals surface area contributed by atoms with E-state index in [1.54, 1.807) is 20.8 Å². The van der Waals surface area contributed by atoms with Gasteiger partial charge in [-0.15, -0.1) is 11.3 Å². The molecule has 0 spiro atoms. The zero-order valence-corrected chi connectivity index (χ0v) is 15.1. The van der Waals surface area contributed by atoms with E-state index < -0.39 is 46.9 Å². The first kappa shape index (κ1) is 19.9. The lowest BCUT2D eigenvalue weighted by Crippen LogP contribution is -2.53. The summed E-state index contributed by atoms with van der Waals surface area (Å²) in [4.78, 5) is 39.3. The molecular formula is C14H17F3N4O4S. The second-order valence-corrected chi connectivity index (χ2v) is 7.79. The van der Waals surface area contributed by atoms with E-state index in [-0.39, 0.29) is 10.6 Å². The molecule has 0 radical (unpaired) electrons. The Kier molecular flexibility index (Phi) is 4.92. The second kappa shape index (κ2) is 6.41. The van der Waals surface area contributed by atoms with Crippen LogP contribution in [0.4, 0.5) is 22.8 Å². The van der Waals surface area contributed by atoms with Gasteiger partial charge in [0.15, 0.2) is 10.5 Å². The molecule has 2 rings (SSSR count). The first-order chi connectivity index (χ1) is 11.7. The number of aromatic nitrogens is 1. The average Bonchev–Trinajstić information content (AvgIpc) is 2.95. The van der Waals surface area contributed by atoms with Gasteiger partial charge in [-0.3, -0.25) is 10.1 Å². The van der Waals surface area contributed by atoms with E-state index in [4.69, 9.17) is 4.74 Å². The maximum absolute atomic E-state index is 12.9. The van der Waals surface area contributed by atoms with Gasteiger partial charge in [0.1, 0.15) is 5.60 Å². The molecule has 0 aromatic carbocycles. The van der Waals surface area contributed by atoms with Crippen LogP contribution in [-0.4, -0.2) is 35.2 Å². The lowest BCUT2D eigenvalue weighted by molar-refractivity contribution is -0.138. The van der Waals surface area contributed by atoms with E-state index in [1.807, 2.05) is 5.32 Å². The number of alkyl carbamates (subject to hydrolysis) is 1. The van der Waals surface area contributed by atoms with Crippen LogP contribution in [0.15, 0.2) is 0 Å². The number of thiazole rings is 1. The summed E-state index contributed by atoms with van der Waals surface area (Å²) < 4.78 is 43.8. The molecule has 1 aliphatic rings. The van der Waals surface area contributed by atoms with Gasteiger partial charge in [-0.25, -0.2) is 14.6 Å². The molecule has 0 saturated carbocycles. The van der Waals surface area contributed by atoms with Crippen molar-refractivity contribution in [3.63, 3.8) is 0 Å². The van der Waals surface area contributed by atoms with Crippen LogP contribution in [0.25, 0.3) is 0 Å². The van der Waals surface area contributed by atoms with Crippen LogP contribution in [0.2, 0.25) is 0 Å². The number of aryl methyl sites for hydroxylation is 1. The minimum Gasteiger partial charge on any atom is -0.444 e. The van der Waals surface area contributed by atoms with E-state index in [9.17, 15) is 27.6 Å². The lowest BCUT2D eigenvalue weighted by Gasteiger charge is -2.26. The fraction of sp³-hybridized carbons (Fsp3) is 0.571. The number of alkyl halides is 3. The number of nitrogens with one attached hydrogen (secondary N) is 3. The molecule has 12 heteroatoms. The number of carbonyl (C=O) groups is 3. The number of rotatable bonds is 3. The van der Waals surface area contributed by atoms with Crippen LogP contribution in [0, 0.1) is 6.92 Å². The average molecular weight is 394 g/mol. The van der Waals surface area contributed by atoms with Crippen molar-refractivity contribution in [1.82, 2.24) is 20.9 Å². The quantitative estimate of drug-likeness (QED) is 0.680. The lowest BCUT2D eigenvalue weighted by atomic mass is 9.94. The first-order valence-corrected chi connectivity index (χ1v) is 8.22. The number of ether oxygens (including phenoxy) is 1. The van der Waals surface area contributed by atoms with Gasteiger partial charge in [-0.2, -0.15) is 13.2 Å². The van der Waals surface area contributed by atoms with Crippen LogP contribution in [0.1, 0.15) is 36.3 Å². The predicted molar refractivity (Wildman–Crippen MR) is 84.4 cm³/mol. The Labute approximate surface area is 150 Å². The van der Waals surface area contributed by atoms with Gasteiger partial charge in [0.25, 0.3) is 5.91 Å². The van der Waals surface area contributed by atoms with Crippen molar-refractivity contribution >= 4 is 29.4 Å². The molecule has 1 aromatic heterocycles. The standard InChI is InChI=1S/C14H17F3N4O4S/c1-6-7(19-9(26-6)14(15,16)17)13(8(22)20-10(23)21-13)5-18-11(24)25-12(2,3)4/h5H2,1-4H3,(H,18,24)(H2,20,21,22,23)/t13-/m1/s1. The molecule has 2 heterocycles. The van der Waals surface area contributed by atoms with E-state index in [1.165, 1.54) is 6.92 Å². The number of carbonyl (C=O) groups excluding carboxylic acids is 3. The molecule has 1 aliphatic heterocycles. The molecule has 1 saturated heterocycles. The SMILES string of the molecule is Cc1sc(C(F)(F)F)nc1[C@@]1(CNC(=O)OC(C)(C)C)NC(=O)NC1=O. The fourth-order valence-electron chi connectivity index (χ4n) is 2.30. The molecule has 8 nitrogen and oxygen atoms in total. The second-order valence-electron chi connectivity index (χ2n) is 6.59. The Balaban J connectivity index is 2.36. The highest BCUT2D eigenvalue weighted by molar-refractivity contribution is 7.11. The van der Waals surface area contributed by atoms with Crippen molar-refractivity contribution in [2.45, 2.75) is 45.0 Å². The third-order valence-electron chi connectivity index (χ3n) is 3.28. The zero-order valence-electron chi connectivity index (χ0n) is 14.3. The number of amides is 4. The molecule has 3 N–H and O–H groups in total. The van der Waals surface area contributed by atoms with E-state index >= 15 is 0 Å². The van der Waals surface area contributed by atoms with E-state index in [0.717, 1.165) is 0 Å². The smallest absolute Gasteiger partial charge is 0.443 e. The third kappa shape index (κ3) is 4.06. The number of hydrogen-bond donors (Lipinski definition) is 3. The van der Waals surface area contributed by atoms with E-state index in [0.29, 0.717) is 11.3 Å². The fourth-order valence-corrected chi connectivity index (χ4v) is 3.16. The molecule has 26 heavy (non-hydrogen) atoms. The molecule has 0 unspecified atom stereocenters. The van der Waals surface area contributed by atoms with Gasteiger partial charge < -0.3 is 15.4 Å². The molecule has 1 aromatic rings. The summed E-state index contributed by atoms with van der Waals surface area (Å²) in [5.74, 6) is -0.916. The molecule has 1 atom stereocenters. The van der Waals surface area contributed by atoms with Gasteiger partial charge in [0.2, 0.25) is 0 Å². The van der Waals surface area contributed by atoms with Crippen molar-refractivity contribution in [3.8, 4) is 0 Å². The summed E-state index contributed by atoms with van der Waals surface area (Å²) in [5.41, 5.74) is -3.06. The summed E-state index contributed by atoms with van der Waals surface area (Å²) in [7, 11) is 0. The highest BCUT2D eigenvalue weighted by atomic mass is 32.1. The van der Waals surface area contributed by atoms with Gasteiger partial charge in [0.05, 0.1) is 12.2 Å². The largest absolute Gasteiger partial charge is 0.444 e. The Bertz CT molecular complexity index is 756. The maximum Gasteiger partial charge on any atom is 0.443 e. The minimum absolute atomic E-state index is 0.0839. The van der Waals surface area contributed by atoms with Crippen LogP contribution in [0.5, 0.6) is 0 Å². The summed E-state index contributed by atoms with van der Waals surface area (Å²) >= 11 is 0.343. The van der Waals surface area contributed by atoms with Gasteiger partial charge in [-0.1, -0.05) is 0 Å². The first-order valence-electron chi connectivity index (χ1n) is 7.40. The highest BCUT2D eigenvalue weighted by Gasteiger charge is 2.52. The topological polar surface area (TPSA) is 109 Å². The molecule has 144 valence electrons. The van der Waals surface area contributed by atoms with E-state index in [2.05, 4.69) is 15.6 Å². The molecule has 0 aliphatic carbocycles.